The molecule has 1 unspecified atom stereocenters. The van der Waals surface area contributed by atoms with E-state index in [-0.39, 0.29) is 11.9 Å². The molecule has 3 nitrogen and oxygen atoms in total. The number of hydrogen-bond donors (Lipinski definition) is 2. The van der Waals surface area contributed by atoms with E-state index in [1.807, 2.05) is 32.0 Å². The topological polar surface area (TPSA) is 41.1 Å². The minimum atomic E-state index is 0.0474. The second-order valence-corrected chi connectivity index (χ2v) is 4.48. The third-order valence-corrected chi connectivity index (χ3v) is 3.02. The Hall–Kier alpha value is -1.35. The van der Waals surface area contributed by atoms with Gasteiger partial charge in [-0.15, -0.1) is 0 Å². The summed E-state index contributed by atoms with van der Waals surface area (Å²) in [6.07, 6.45) is 1.02. The van der Waals surface area contributed by atoms with Crippen LogP contribution < -0.4 is 10.6 Å². The molecular formula is C13H18N2O. The highest BCUT2D eigenvalue weighted by molar-refractivity contribution is 5.95. The molecule has 0 aliphatic carbocycles. The van der Waals surface area contributed by atoms with Crippen LogP contribution in [0.2, 0.25) is 0 Å². The molecule has 0 spiro atoms. The first-order valence-electron chi connectivity index (χ1n) is 5.75. The predicted molar refractivity (Wildman–Crippen MR) is 64.7 cm³/mol. The van der Waals surface area contributed by atoms with E-state index >= 15 is 0 Å². The first kappa shape index (κ1) is 11.1. The molecule has 1 fully saturated rings. The molecule has 1 aromatic carbocycles. The van der Waals surface area contributed by atoms with Crippen molar-refractivity contribution >= 4 is 5.91 Å². The van der Waals surface area contributed by atoms with Crippen LogP contribution in [0.15, 0.2) is 18.2 Å². The molecule has 1 amide bonds. The summed E-state index contributed by atoms with van der Waals surface area (Å²) in [6.45, 7) is 5.90. The molecule has 1 atom stereocenters. The Bertz CT molecular complexity index is 395. The second kappa shape index (κ2) is 4.66. The summed E-state index contributed by atoms with van der Waals surface area (Å²) in [6, 6.07) is 6.21. The molecule has 0 bridgehead atoms. The minimum Gasteiger partial charge on any atom is -0.348 e. The number of amides is 1. The van der Waals surface area contributed by atoms with E-state index < -0.39 is 0 Å². The van der Waals surface area contributed by atoms with Gasteiger partial charge in [-0.2, -0.15) is 0 Å². The number of rotatable bonds is 2. The van der Waals surface area contributed by atoms with Crippen molar-refractivity contribution in [1.29, 1.82) is 0 Å². The molecule has 86 valence electrons. The monoisotopic (exact) mass is 218 g/mol. The van der Waals surface area contributed by atoms with Gasteiger partial charge < -0.3 is 10.6 Å². The summed E-state index contributed by atoms with van der Waals surface area (Å²) in [5, 5.41) is 6.29. The molecule has 1 saturated heterocycles. The van der Waals surface area contributed by atoms with Gasteiger partial charge in [0.2, 0.25) is 0 Å². The van der Waals surface area contributed by atoms with E-state index in [0.29, 0.717) is 0 Å². The van der Waals surface area contributed by atoms with Crippen molar-refractivity contribution < 1.29 is 4.79 Å². The van der Waals surface area contributed by atoms with E-state index in [0.717, 1.165) is 30.6 Å². The lowest BCUT2D eigenvalue weighted by atomic mass is 10.0. The zero-order valence-corrected chi connectivity index (χ0v) is 9.84. The highest BCUT2D eigenvalue weighted by Crippen LogP contribution is 2.11. The lowest BCUT2D eigenvalue weighted by Gasteiger charge is -2.13. The Labute approximate surface area is 96.2 Å². The Balaban J connectivity index is 2.08. The molecule has 1 aliphatic rings. The van der Waals surface area contributed by atoms with Crippen LogP contribution >= 0.6 is 0 Å². The van der Waals surface area contributed by atoms with Gasteiger partial charge in [0.15, 0.2) is 0 Å². The van der Waals surface area contributed by atoms with Gasteiger partial charge in [0.05, 0.1) is 0 Å². The van der Waals surface area contributed by atoms with Crippen molar-refractivity contribution in [2.45, 2.75) is 26.3 Å². The molecule has 3 heteroatoms. The van der Waals surface area contributed by atoms with E-state index in [1.54, 1.807) is 0 Å². The molecule has 0 radical (unpaired) electrons. The van der Waals surface area contributed by atoms with Crippen LogP contribution in [0.4, 0.5) is 0 Å². The predicted octanol–water partition coefficient (Wildman–Crippen LogP) is 1.40. The van der Waals surface area contributed by atoms with Crippen molar-refractivity contribution in [3.63, 3.8) is 0 Å². The number of hydrogen-bond acceptors (Lipinski definition) is 2. The smallest absolute Gasteiger partial charge is 0.251 e. The molecular weight excluding hydrogens is 200 g/mol. The van der Waals surface area contributed by atoms with Crippen molar-refractivity contribution in [2.24, 2.45) is 0 Å². The van der Waals surface area contributed by atoms with Gasteiger partial charge in [0.1, 0.15) is 0 Å². The van der Waals surface area contributed by atoms with Gasteiger partial charge in [0, 0.05) is 18.2 Å². The van der Waals surface area contributed by atoms with Gasteiger partial charge in [-0.25, -0.2) is 0 Å². The molecule has 2 N–H and O–H groups in total. The number of carbonyl (C=O) groups excluding carboxylic acids is 1. The molecule has 1 aromatic rings. The quantitative estimate of drug-likeness (QED) is 0.787. The average molecular weight is 218 g/mol. The summed E-state index contributed by atoms with van der Waals surface area (Å²) in [5.41, 5.74) is 3.03. The van der Waals surface area contributed by atoms with Crippen LogP contribution in [0.5, 0.6) is 0 Å². The van der Waals surface area contributed by atoms with Crippen molar-refractivity contribution in [3.8, 4) is 0 Å². The maximum Gasteiger partial charge on any atom is 0.251 e. The summed E-state index contributed by atoms with van der Waals surface area (Å²) in [5.74, 6) is 0.0474. The third-order valence-electron chi connectivity index (χ3n) is 3.02. The summed E-state index contributed by atoms with van der Waals surface area (Å²) < 4.78 is 0. The van der Waals surface area contributed by atoms with Gasteiger partial charge in [-0.3, -0.25) is 4.79 Å². The van der Waals surface area contributed by atoms with Crippen LogP contribution in [0.25, 0.3) is 0 Å². The number of carbonyl (C=O) groups is 1. The first-order chi connectivity index (χ1) is 7.66. The Kier molecular flexibility index (Phi) is 3.25. The van der Waals surface area contributed by atoms with Crippen LogP contribution in [0, 0.1) is 13.8 Å². The van der Waals surface area contributed by atoms with Crippen LogP contribution in [-0.2, 0) is 0 Å². The van der Waals surface area contributed by atoms with Gasteiger partial charge in [0.25, 0.3) is 5.91 Å². The molecule has 1 heterocycles. The van der Waals surface area contributed by atoms with Crippen LogP contribution in [-0.4, -0.2) is 25.0 Å². The van der Waals surface area contributed by atoms with E-state index in [2.05, 4.69) is 10.6 Å². The summed E-state index contributed by atoms with van der Waals surface area (Å²) >= 11 is 0. The summed E-state index contributed by atoms with van der Waals surface area (Å²) in [4.78, 5) is 12.0. The van der Waals surface area contributed by atoms with Gasteiger partial charge in [-0.1, -0.05) is 17.7 Å². The normalized spacial score (nSPS) is 19.8. The minimum absolute atomic E-state index is 0.0474. The standard InChI is InChI=1S/C13H18N2O/c1-9-3-4-12(10(2)7-9)13(16)15-11-5-6-14-8-11/h3-4,7,11,14H,5-6,8H2,1-2H3,(H,15,16). The maximum absolute atomic E-state index is 12.0. The third kappa shape index (κ3) is 2.42. The number of nitrogens with one attached hydrogen (secondary N) is 2. The maximum atomic E-state index is 12.0. The van der Waals surface area contributed by atoms with Crippen molar-refractivity contribution in [3.05, 3.63) is 34.9 Å². The average Bonchev–Trinajstić information content (AvgIpc) is 2.70. The molecule has 0 aromatic heterocycles. The molecule has 1 aliphatic heterocycles. The zero-order valence-electron chi connectivity index (χ0n) is 9.84. The number of aryl methyl sites for hydroxylation is 2. The van der Waals surface area contributed by atoms with E-state index in [4.69, 9.17) is 0 Å². The molecule has 2 rings (SSSR count). The molecule has 16 heavy (non-hydrogen) atoms. The highest BCUT2D eigenvalue weighted by Gasteiger charge is 2.18. The fraction of sp³-hybridized carbons (Fsp3) is 0.462. The zero-order chi connectivity index (χ0) is 11.5. The highest BCUT2D eigenvalue weighted by atomic mass is 16.1. The molecule has 0 saturated carbocycles. The van der Waals surface area contributed by atoms with Crippen molar-refractivity contribution in [2.75, 3.05) is 13.1 Å². The van der Waals surface area contributed by atoms with Crippen LogP contribution in [0.3, 0.4) is 0 Å². The number of benzene rings is 1. The lowest BCUT2D eigenvalue weighted by molar-refractivity contribution is 0.0939. The Morgan fingerprint density at radius 2 is 2.25 bits per heavy atom. The second-order valence-electron chi connectivity index (χ2n) is 4.48. The Morgan fingerprint density at radius 1 is 1.44 bits per heavy atom. The van der Waals surface area contributed by atoms with Gasteiger partial charge >= 0.3 is 0 Å². The Morgan fingerprint density at radius 3 is 2.88 bits per heavy atom. The van der Waals surface area contributed by atoms with Gasteiger partial charge in [-0.05, 0) is 38.4 Å². The summed E-state index contributed by atoms with van der Waals surface area (Å²) in [7, 11) is 0. The SMILES string of the molecule is Cc1ccc(C(=O)NC2CCNC2)c(C)c1. The fourth-order valence-corrected chi connectivity index (χ4v) is 2.11. The van der Waals surface area contributed by atoms with E-state index in [1.165, 1.54) is 5.56 Å². The fourth-order valence-electron chi connectivity index (χ4n) is 2.11. The van der Waals surface area contributed by atoms with E-state index in [9.17, 15) is 4.79 Å². The largest absolute Gasteiger partial charge is 0.348 e. The lowest BCUT2D eigenvalue weighted by Crippen LogP contribution is -2.36. The van der Waals surface area contributed by atoms with Crippen molar-refractivity contribution in [1.82, 2.24) is 10.6 Å². The first-order valence-corrected chi connectivity index (χ1v) is 5.75. The van der Waals surface area contributed by atoms with Crippen LogP contribution in [0.1, 0.15) is 27.9 Å².